The van der Waals surface area contributed by atoms with Crippen LogP contribution in [-0.4, -0.2) is 25.0 Å². The third-order valence-corrected chi connectivity index (χ3v) is 2.69. The van der Waals surface area contributed by atoms with Gasteiger partial charge in [-0.2, -0.15) is 0 Å². The minimum Gasteiger partial charge on any atom is -0.295 e. The Morgan fingerprint density at radius 1 is 1.53 bits per heavy atom. The summed E-state index contributed by atoms with van der Waals surface area (Å²) in [6.45, 7) is 8.80. The largest absolute Gasteiger partial charge is 0.295 e. The molecule has 2 nitrogen and oxygen atoms in total. The van der Waals surface area contributed by atoms with Crippen molar-refractivity contribution in [2.24, 2.45) is 21.8 Å². The molecule has 0 radical (unpaired) electrons. The second-order valence-electron chi connectivity index (χ2n) is 3.93. The van der Waals surface area contributed by atoms with Crippen LogP contribution in [0.1, 0.15) is 20.3 Å². The van der Waals surface area contributed by atoms with Gasteiger partial charge in [-0.15, -0.1) is 0 Å². The van der Waals surface area contributed by atoms with Crippen molar-refractivity contribution in [2.45, 2.75) is 26.3 Å². The van der Waals surface area contributed by atoms with Gasteiger partial charge in [0.15, 0.2) is 0 Å². The third kappa shape index (κ3) is 3.82. The van der Waals surface area contributed by atoms with E-state index in [1.807, 2.05) is 18.5 Å². The normalized spacial score (nSPS) is 27.9. The van der Waals surface area contributed by atoms with E-state index < -0.39 is 0 Å². The maximum absolute atomic E-state index is 4.59. The Balaban J connectivity index is 2.60. The summed E-state index contributed by atoms with van der Waals surface area (Å²) < 4.78 is 0. The zero-order valence-electron chi connectivity index (χ0n) is 9.63. The van der Waals surface area contributed by atoms with Crippen molar-refractivity contribution in [3.8, 4) is 0 Å². The van der Waals surface area contributed by atoms with Gasteiger partial charge in [0, 0.05) is 18.3 Å². The summed E-state index contributed by atoms with van der Waals surface area (Å²) in [4.78, 5) is 9.02. The lowest BCUT2D eigenvalue weighted by molar-refractivity contribution is 0.555. The van der Waals surface area contributed by atoms with Crippen LogP contribution >= 0.6 is 0 Å². The summed E-state index contributed by atoms with van der Waals surface area (Å²) in [7, 11) is 0. The van der Waals surface area contributed by atoms with Gasteiger partial charge in [-0.3, -0.25) is 9.98 Å². The first-order valence-corrected chi connectivity index (χ1v) is 5.60. The molecule has 0 amide bonds. The molecule has 0 aromatic rings. The number of hydrogen-bond donors (Lipinski definition) is 0. The van der Waals surface area contributed by atoms with Crippen molar-refractivity contribution in [1.82, 2.24) is 0 Å². The van der Waals surface area contributed by atoms with Crippen LogP contribution in [0.2, 0.25) is 0 Å². The van der Waals surface area contributed by atoms with Crippen molar-refractivity contribution in [2.75, 3.05) is 6.54 Å². The van der Waals surface area contributed by atoms with Crippen LogP contribution in [0.15, 0.2) is 34.8 Å². The van der Waals surface area contributed by atoms with E-state index in [-0.39, 0.29) is 6.04 Å². The van der Waals surface area contributed by atoms with Crippen LogP contribution in [0.3, 0.4) is 0 Å². The smallest absolute Gasteiger partial charge is 0.0750 e. The van der Waals surface area contributed by atoms with E-state index in [9.17, 15) is 0 Å². The fraction of sp³-hybridized carbons (Fsp3) is 0.538. The molecular formula is C13H20N2. The second kappa shape index (κ2) is 6.33. The van der Waals surface area contributed by atoms with Gasteiger partial charge < -0.3 is 0 Å². The molecule has 0 spiro atoms. The third-order valence-electron chi connectivity index (χ3n) is 2.69. The average Bonchev–Trinajstić information content (AvgIpc) is 2.50. The number of aliphatic imine (C=N–C) groups is 2. The van der Waals surface area contributed by atoms with E-state index in [1.54, 1.807) is 6.08 Å². The molecule has 1 aliphatic rings. The maximum atomic E-state index is 4.59. The molecule has 0 N–H and O–H groups in total. The average molecular weight is 204 g/mol. The fourth-order valence-corrected chi connectivity index (χ4v) is 1.51. The lowest BCUT2D eigenvalue weighted by Crippen LogP contribution is -2.17. The highest BCUT2D eigenvalue weighted by atomic mass is 14.9. The fourth-order valence-electron chi connectivity index (χ4n) is 1.51. The van der Waals surface area contributed by atoms with E-state index >= 15 is 0 Å². The molecule has 0 saturated heterocycles. The van der Waals surface area contributed by atoms with Crippen molar-refractivity contribution < 1.29 is 0 Å². The first kappa shape index (κ1) is 11.9. The molecule has 82 valence electrons. The highest BCUT2D eigenvalue weighted by molar-refractivity contribution is 5.84. The van der Waals surface area contributed by atoms with Crippen LogP contribution in [0.5, 0.6) is 0 Å². The van der Waals surface area contributed by atoms with E-state index in [0.29, 0.717) is 11.8 Å². The number of hydrogen-bond acceptors (Lipinski definition) is 2. The summed E-state index contributed by atoms with van der Waals surface area (Å²) in [6.07, 6.45) is 11.1. The molecule has 3 atom stereocenters. The first-order valence-electron chi connectivity index (χ1n) is 5.60. The topological polar surface area (TPSA) is 24.7 Å². The molecule has 0 saturated carbocycles. The SMILES string of the molecule is C=C/C=C\C(C)C1CN=CC(CC)C=N1. The molecule has 3 unspecified atom stereocenters. The molecule has 1 rings (SSSR count). The molecular weight excluding hydrogens is 184 g/mol. The minimum absolute atomic E-state index is 0.286. The molecule has 1 aliphatic heterocycles. The molecule has 1 heterocycles. The molecule has 0 aliphatic carbocycles. The zero-order valence-corrected chi connectivity index (χ0v) is 9.63. The predicted octanol–water partition coefficient (Wildman–Crippen LogP) is 2.91. The molecule has 0 bridgehead atoms. The Kier molecular flexibility index (Phi) is 5.02. The van der Waals surface area contributed by atoms with Gasteiger partial charge in [0.1, 0.15) is 0 Å². The van der Waals surface area contributed by atoms with Gasteiger partial charge >= 0.3 is 0 Å². The summed E-state index contributed by atoms with van der Waals surface area (Å²) in [5.41, 5.74) is 0. The van der Waals surface area contributed by atoms with Crippen LogP contribution < -0.4 is 0 Å². The summed E-state index contributed by atoms with van der Waals surface area (Å²) in [5.74, 6) is 0.845. The molecule has 0 fully saturated rings. The van der Waals surface area contributed by atoms with Gasteiger partial charge in [0.2, 0.25) is 0 Å². The number of nitrogens with zero attached hydrogens (tertiary/aromatic N) is 2. The van der Waals surface area contributed by atoms with E-state index in [0.717, 1.165) is 13.0 Å². The summed E-state index contributed by atoms with van der Waals surface area (Å²) in [5, 5.41) is 0. The van der Waals surface area contributed by atoms with Crippen molar-refractivity contribution >= 4 is 12.4 Å². The van der Waals surface area contributed by atoms with Crippen molar-refractivity contribution in [3.05, 3.63) is 24.8 Å². The van der Waals surface area contributed by atoms with Crippen LogP contribution in [0.25, 0.3) is 0 Å². The summed E-state index contributed by atoms with van der Waals surface area (Å²) in [6, 6.07) is 0.286. The van der Waals surface area contributed by atoms with Gasteiger partial charge in [0.05, 0.1) is 12.6 Å². The Labute approximate surface area is 92.5 Å². The Morgan fingerprint density at radius 3 is 3.00 bits per heavy atom. The van der Waals surface area contributed by atoms with E-state index in [2.05, 4.69) is 36.5 Å². The number of allylic oxidation sites excluding steroid dienone is 2. The van der Waals surface area contributed by atoms with E-state index in [1.165, 1.54) is 0 Å². The quantitative estimate of drug-likeness (QED) is 0.629. The second-order valence-corrected chi connectivity index (χ2v) is 3.93. The van der Waals surface area contributed by atoms with Gasteiger partial charge in [0.25, 0.3) is 0 Å². The van der Waals surface area contributed by atoms with Gasteiger partial charge in [-0.05, 0) is 12.3 Å². The number of rotatable bonds is 4. The van der Waals surface area contributed by atoms with E-state index in [4.69, 9.17) is 0 Å². The first-order chi connectivity index (χ1) is 7.27. The lowest BCUT2D eigenvalue weighted by atomic mass is 10.0. The molecule has 0 aromatic heterocycles. The Bertz CT molecular complexity index is 276. The Hall–Kier alpha value is -1.18. The maximum Gasteiger partial charge on any atom is 0.0750 e. The Morgan fingerprint density at radius 2 is 2.33 bits per heavy atom. The highest BCUT2D eigenvalue weighted by Gasteiger charge is 2.14. The predicted molar refractivity (Wildman–Crippen MR) is 67.9 cm³/mol. The standard InChI is InChI=1S/C13H20N2/c1-4-6-7-11(3)13-10-14-8-12(5-2)9-15-13/h4,6-9,11-13H,1,5,10H2,2-3H3/b7-6-. The summed E-state index contributed by atoms with van der Waals surface area (Å²) >= 11 is 0. The van der Waals surface area contributed by atoms with Crippen molar-refractivity contribution in [3.63, 3.8) is 0 Å². The zero-order chi connectivity index (χ0) is 11.1. The van der Waals surface area contributed by atoms with Crippen molar-refractivity contribution in [1.29, 1.82) is 0 Å². The monoisotopic (exact) mass is 204 g/mol. The van der Waals surface area contributed by atoms with Crippen LogP contribution in [0.4, 0.5) is 0 Å². The van der Waals surface area contributed by atoms with Gasteiger partial charge in [-0.1, -0.05) is 38.7 Å². The minimum atomic E-state index is 0.286. The van der Waals surface area contributed by atoms with Gasteiger partial charge in [-0.25, -0.2) is 0 Å². The highest BCUT2D eigenvalue weighted by Crippen LogP contribution is 2.13. The van der Waals surface area contributed by atoms with Crippen LogP contribution in [-0.2, 0) is 0 Å². The molecule has 0 aromatic carbocycles. The lowest BCUT2D eigenvalue weighted by Gasteiger charge is -2.13. The molecule has 2 heteroatoms. The molecule has 15 heavy (non-hydrogen) atoms. The van der Waals surface area contributed by atoms with Crippen LogP contribution in [0, 0.1) is 11.8 Å².